The van der Waals surface area contributed by atoms with Crippen LogP contribution in [0.15, 0.2) is 23.1 Å². The maximum absolute atomic E-state index is 11.0. The van der Waals surface area contributed by atoms with E-state index in [2.05, 4.69) is 17.4 Å². The average molecular weight is 180 g/mol. The lowest BCUT2D eigenvalue weighted by Gasteiger charge is -1.91. The molecule has 1 aromatic carbocycles. The molecule has 1 aliphatic heterocycles. The van der Waals surface area contributed by atoms with E-state index in [1.165, 1.54) is 12.1 Å². The van der Waals surface area contributed by atoms with Gasteiger partial charge in [-0.2, -0.15) is 0 Å². The average Bonchev–Trinajstić information content (AvgIpc) is 2.28. The molecule has 0 atom stereocenters. The molecular formula is C8H4O3S. The Morgan fingerprint density at radius 1 is 1.08 bits per heavy atom. The lowest BCUT2D eigenvalue weighted by atomic mass is 10.1. The summed E-state index contributed by atoms with van der Waals surface area (Å²) in [5.74, 6) is -1.17. The van der Waals surface area contributed by atoms with Crippen LogP contribution >= 0.6 is 12.6 Å². The van der Waals surface area contributed by atoms with Gasteiger partial charge in [0, 0.05) is 4.90 Å². The third-order valence-corrected chi connectivity index (χ3v) is 1.91. The van der Waals surface area contributed by atoms with Gasteiger partial charge in [-0.25, -0.2) is 9.59 Å². The zero-order valence-electron chi connectivity index (χ0n) is 5.90. The van der Waals surface area contributed by atoms with Gasteiger partial charge >= 0.3 is 11.9 Å². The molecule has 0 saturated carbocycles. The first-order valence-electron chi connectivity index (χ1n) is 3.28. The van der Waals surface area contributed by atoms with E-state index in [0.717, 1.165) is 0 Å². The fourth-order valence-corrected chi connectivity index (χ4v) is 1.28. The number of thiol groups is 1. The monoisotopic (exact) mass is 180 g/mol. The number of carbonyl (C=O) groups excluding carboxylic acids is 2. The number of rotatable bonds is 0. The Labute approximate surface area is 73.7 Å². The van der Waals surface area contributed by atoms with Crippen LogP contribution < -0.4 is 0 Å². The van der Waals surface area contributed by atoms with Gasteiger partial charge in [0.15, 0.2) is 0 Å². The molecule has 0 aliphatic carbocycles. The van der Waals surface area contributed by atoms with Crippen LogP contribution in [-0.4, -0.2) is 11.9 Å². The third-order valence-electron chi connectivity index (χ3n) is 1.63. The minimum Gasteiger partial charge on any atom is -0.386 e. The van der Waals surface area contributed by atoms with Crippen LogP contribution in [0.3, 0.4) is 0 Å². The molecule has 0 aromatic heterocycles. The molecule has 0 spiro atoms. The summed E-state index contributed by atoms with van der Waals surface area (Å²) in [7, 11) is 0. The second-order valence-electron chi connectivity index (χ2n) is 2.41. The van der Waals surface area contributed by atoms with Crippen molar-refractivity contribution in [1.82, 2.24) is 0 Å². The van der Waals surface area contributed by atoms with E-state index >= 15 is 0 Å². The number of hydrogen-bond donors (Lipinski definition) is 1. The van der Waals surface area contributed by atoms with E-state index in [0.29, 0.717) is 16.0 Å². The van der Waals surface area contributed by atoms with Crippen LogP contribution in [0.5, 0.6) is 0 Å². The van der Waals surface area contributed by atoms with Crippen LogP contribution in [-0.2, 0) is 4.74 Å². The maximum Gasteiger partial charge on any atom is 0.346 e. The van der Waals surface area contributed by atoms with Gasteiger partial charge in [-0.15, -0.1) is 12.6 Å². The highest BCUT2D eigenvalue weighted by Crippen LogP contribution is 2.22. The fourth-order valence-electron chi connectivity index (χ4n) is 1.07. The molecule has 1 aromatic rings. The zero-order valence-corrected chi connectivity index (χ0v) is 6.80. The molecule has 1 aliphatic rings. The Morgan fingerprint density at radius 2 is 1.75 bits per heavy atom. The van der Waals surface area contributed by atoms with Gasteiger partial charge in [-0.3, -0.25) is 0 Å². The summed E-state index contributed by atoms with van der Waals surface area (Å²) in [5.41, 5.74) is 0.616. The highest BCUT2D eigenvalue weighted by molar-refractivity contribution is 7.80. The second kappa shape index (κ2) is 2.35. The van der Waals surface area contributed by atoms with Gasteiger partial charge < -0.3 is 4.74 Å². The zero-order chi connectivity index (χ0) is 8.72. The topological polar surface area (TPSA) is 43.4 Å². The minimum absolute atomic E-state index is 0.299. The van der Waals surface area contributed by atoms with Gasteiger partial charge in [0.1, 0.15) is 0 Å². The Balaban J connectivity index is 2.68. The number of carbonyl (C=O) groups is 2. The molecule has 12 heavy (non-hydrogen) atoms. The summed E-state index contributed by atoms with van der Waals surface area (Å²) in [6.45, 7) is 0. The van der Waals surface area contributed by atoms with Crippen LogP contribution in [0.25, 0.3) is 0 Å². The number of benzene rings is 1. The SMILES string of the molecule is O=C1OC(=O)c2cc(S)ccc21. The molecule has 0 bridgehead atoms. The Bertz CT molecular complexity index is 384. The molecule has 3 nitrogen and oxygen atoms in total. The predicted molar refractivity (Wildman–Crippen MR) is 43.4 cm³/mol. The first kappa shape index (κ1) is 7.36. The number of cyclic esters (lactones) is 2. The van der Waals surface area contributed by atoms with E-state index in [-0.39, 0.29) is 0 Å². The van der Waals surface area contributed by atoms with Crippen molar-refractivity contribution in [3.05, 3.63) is 29.3 Å². The highest BCUT2D eigenvalue weighted by atomic mass is 32.1. The number of hydrogen-bond acceptors (Lipinski definition) is 4. The van der Waals surface area contributed by atoms with Crippen molar-refractivity contribution in [1.29, 1.82) is 0 Å². The van der Waals surface area contributed by atoms with Gasteiger partial charge in [-0.05, 0) is 18.2 Å². The maximum atomic E-state index is 11.0. The Kier molecular flexibility index (Phi) is 1.44. The fraction of sp³-hybridized carbons (Fsp3) is 0. The lowest BCUT2D eigenvalue weighted by molar-refractivity contribution is 0.0444. The molecule has 60 valence electrons. The minimum atomic E-state index is -0.592. The van der Waals surface area contributed by atoms with Crippen molar-refractivity contribution in [3.8, 4) is 0 Å². The quantitative estimate of drug-likeness (QED) is 0.371. The molecule has 0 saturated heterocycles. The predicted octanol–water partition coefficient (Wildman–Crippen LogP) is 1.29. The van der Waals surface area contributed by atoms with Crippen molar-refractivity contribution < 1.29 is 14.3 Å². The van der Waals surface area contributed by atoms with E-state index in [4.69, 9.17) is 0 Å². The molecule has 0 radical (unpaired) electrons. The van der Waals surface area contributed by atoms with Crippen molar-refractivity contribution in [2.24, 2.45) is 0 Å². The van der Waals surface area contributed by atoms with Gasteiger partial charge in [0.05, 0.1) is 11.1 Å². The summed E-state index contributed by atoms with van der Waals surface area (Å²) < 4.78 is 4.37. The van der Waals surface area contributed by atoms with E-state index in [1.54, 1.807) is 6.07 Å². The van der Waals surface area contributed by atoms with E-state index in [9.17, 15) is 9.59 Å². The Hall–Kier alpha value is -1.29. The summed E-state index contributed by atoms with van der Waals surface area (Å²) in [6, 6.07) is 4.69. The van der Waals surface area contributed by atoms with Gasteiger partial charge in [0.2, 0.25) is 0 Å². The molecule has 0 unspecified atom stereocenters. The molecule has 1 heterocycles. The van der Waals surface area contributed by atoms with Crippen molar-refractivity contribution >= 4 is 24.6 Å². The molecule has 0 amide bonds. The normalized spacial score (nSPS) is 14.4. The molecule has 0 fully saturated rings. The van der Waals surface area contributed by atoms with Crippen molar-refractivity contribution in [2.75, 3.05) is 0 Å². The standard InChI is InChI=1S/C8H4O3S/c9-7-5-2-1-4(12)3-6(5)8(10)11-7/h1-3,12H. The molecular weight excluding hydrogens is 176 g/mol. The molecule has 4 heteroatoms. The third kappa shape index (κ3) is 0.921. The summed E-state index contributed by atoms with van der Waals surface area (Å²) >= 11 is 4.03. The van der Waals surface area contributed by atoms with E-state index in [1.807, 2.05) is 0 Å². The molecule has 0 N–H and O–H groups in total. The number of fused-ring (bicyclic) bond motifs is 1. The first-order chi connectivity index (χ1) is 5.68. The van der Waals surface area contributed by atoms with Crippen LogP contribution in [0, 0.1) is 0 Å². The Morgan fingerprint density at radius 3 is 2.50 bits per heavy atom. The molecule has 2 rings (SSSR count). The van der Waals surface area contributed by atoms with Crippen molar-refractivity contribution in [3.63, 3.8) is 0 Å². The lowest BCUT2D eigenvalue weighted by Crippen LogP contribution is -1.96. The summed E-state index contributed by atoms with van der Waals surface area (Å²) in [5, 5.41) is 0. The smallest absolute Gasteiger partial charge is 0.346 e. The largest absolute Gasteiger partial charge is 0.386 e. The highest BCUT2D eigenvalue weighted by Gasteiger charge is 2.29. The second-order valence-corrected chi connectivity index (χ2v) is 2.92. The first-order valence-corrected chi connectivity index (χ1v) is 3.73. The van der Waals surface area contributed by atoms with Crippen molar-refractivity contribution in [2.45, 2.75) is 4.90 Å². The number of ether oxygens (including phenoxy) is 1. The summed E-state index contributed by atoms with van der Waals surface area (Å²) in [6.07, 6.45) is 0. The number of esters is 2. The van der Waals surface area contributed by atoms with Crippen LogP contribution in [0.2, 0.25) is 0 Å². The van der Waals surface area contributed by atoms with Crippen LogP contribution in [0.4, 0.5) is 0 Å². The van der Waals surface area contributed by atoms with Crippen LogP contribution in [0.1, 0.15) is 20.7 Å². The van der Waals surface area contributed by atoms with Gasteiger partial charge in [0.25, 0.3) is 0 Å². The summed E-state index contributed by atoms with van der Waals surface area (Å²) in [4.78, 5) is 22.5. The van der Waals surface area contributed by atoms with Gasteiger partial charge in [-0.1, -0.05) is 0 Å². The van der Waals surface area contributed by atoms with E-state index < -0.39 is 11.9 Å².